The van der Waals surface area contributed by atoms with Crippen LogP contribution < -0.4 is 10.6 Å². The minimum atomic E-state index is -0.914. The fourth-order valence-electron chi connectivity index (χ4n) is 1.19. The second kappa shape index (κ2) is 6.12. The van der Waals surface area contributed by atoms with Crippen LogP contribution in [0, 0.1) is 0 Å². The molecule has 3 N–H and O–H groups in total. The minimum Gasteiger partial charge on any atom is -0.481 e. The lowest BCUT2D eigenvalue weighted by molar-refractivity contribution is -0.137. The number of carbonyl (C=O) groups excluding carboxylic acids is 1. The van der Waals surface area contributed by atoms with Crippen LogP contribution in [0.4, 0.5) is 9.80 Å². The molecule has 1 atom stereocenters. The smallest absolute Gasteiger partial charge is 0.320 e. The molecular weight excluding hydrogens is 228 g/mol. The predicted octanol–water partition coefficient (Wildman–Crippen LogP) is 2.12. The van der Waals surface area contributed by atoms with Crippen molar-refractivity contribution in [2.75, 3.05) is 5.32 Å². The Morgan fingerprint density at radius 3 is 2.81 bits per heavy atom. The van der Waals surface area contributed by atoms with Crippen LogP contribution in [0.15, 0.2) is 17.5 Å². The molecule has 0 saturated carbocycles. The number of amides is 2. The molecule has 1 unspecified atom stereocenters. The molecule has 0 fully saturated rings. The van der Waals surface area contributed by atoms with Crippen molar-refractivity contribution in [2.45, 2.75) is 25.8 Å². The maximum Gasteiger partial charge on any atom is 0.320 e. The van der Waals surface area contributed by atoms with Crippen molar-refractivity contribution in [3.63, 3.8) is 0 Å². The van der Waals surface area contributed by atoms with Gasteiger partial charge in [0.1, 0.15) is 0 Å². The lowest BCUT2D eigenvalue weighted by Crippen LogP contribution is -2.38. The monoisotopic (exact) mass is 242 g/mol. The number of rotatable bonds is 5. The van der Waals surface area contributed by atoms with Crippen LogP contribution in [0.5, 0.6) is 0 Å². The lowest BCUT2D eigenvalue weighted by Gasteiger charge is -2.14. The fourth-order valence-corrected chi connectivity index (χ4v) is 1.80. The maximum absolute atomic E-state index is 11.5. The first-order chi connectivity index (χ1) is 7.61. The van der Waals surface area contributed by atoms with Crippen molar-refractivity contribution < 1.29 is 14.7 Å². The Kier molecular flexibility index (Phi) is 4.78. The van der Waals surface area contributed by atoms with Gasteiger partial charge in [-0.1, -0.05) is 6.92 Å². The van der Waals surface area contributed by atoms with E-state index in [1.165, 1.54) is 11.3 Å². The van der Waals surface area contributed by atoms with E-state index in [4.69, 9.17) is 5.11 Å². The highest BCUT2D eigenvalue weighted by atomic mass is 32.1. The lowest BCUT2D eigenvalue weighted by atomic mass is 10.1. The van der Waals surface area contributed by atoms with Gasteiger partial charge in [0.25, 0.3) is 0 Å². The molecule has 0 aliphatic carbocycles. The van der Waals surface area contributed by atoms with Gasteiger partial charge in [0, 0.05) is 6.04 Å². The fraction of sp³-hybridized carbons (Fsp3) is 0.400. The van der Waals surface area contributed by atoms with Crippen LogP contribution in [0.3, 0.4) is 0 Å². The van der Waals surface area contributed by atoms with Crippen LogP contribution >= 0.6 is 11.3 Å². The first-order valence-corrected chi connectivity index (χ1v) is 5.82. The molecule has 88 valence electrons. The second-order valence-corrected chi connectivity index (χ2v) is 4.23. The largest absolute Gasteiger partial charge is 0.481 e. The summed E-state index contributed by atoms with van der Waals surface area (Å²) >= 11 is 1.41. The van der Waals surface area contributed by atoms with E-state index < -0.39 is 5.97 Å². The van der Waals surface area contributed by atoms with E-state index in [1.807, 2.05) is 18.4 Å². The van der Waals surface area contributed by atoms with E-state index >= 15 is 0 Å². The molecule has 2 amide bonds. The van der Waals surface area contributed by atoms with Crippen molar-refractivity contribution in [1.29, 1.82) is 0 Å². The number of anilines is 1. The first kappa shape index (κ1) is 12.5. The highest BCUT2D eigenvalue weighted by Gasteiger charge is 2.13. The Bertz CT molecular complexity index is 351. The Morgan fingerprint density at radius 2 is 2.31 bits per heavy atom. The van der Waals surface area contributed by atoms with E-state index in [9.17, 15) is 9.59 Å². The van der Waals surface area contributed by atoms with Crippen LogP contribution in [0.1, 0.15) is 19.8 Å². The van der Waals surface area contributed by atoms with Gasteiger partial charge < -0.3 is 10.4 Å². The van der Waals surface area contributed by atoms with E-state index in [0.29, 0.717) is 6.42 Å². The summed E-state index contributed by atoms with van der Waals surface area (Å²) in [5.74, 6) is -0.914. The van der Waals surface area contributed by atoms with E-state index in [2.05, 4.69) is 10.6 Å². The number of carbonyl (C=O) groups is 2. The van der Waals surface area contributed by atoms with Crippen molar-refractivity contribution in [1.82, 2.24) is 5.32 Å². The van der Waals surface area contributed by atoms with Gasteiger partial charge in [0.15, 0.2) is 0 Å². The number of aliphatic carboxylic acids is 1. The summed E-state index contributed by atoms with van der Waals surface area (Å²) in [5, 5.41) is 16.5. The zero-order valence-electron chi connectivity index (χ0n) is 8.90. The molecule has 5 nitrogen and oxygen atoms in total. The van der Waals surface area contributed by atoms with Gasteiger partial charge in [-0.2, -0.15) is 0 Å². The number of carboxylic acids is 1. The molecule has 0 aliphatic heterocycles. The number of urea groups is 1. The molecule has 16 heavy (non-hydrogen) atoms. The van der Waals surface area contributed by atoms with Crippen LogP contribution in [-0.4, -0.2) is 23.1 Å². The number of hydrogen-bond donors (Lipinski definition) is 3. The molecule has 1 heterocycles. The third kappa shape index (κ3) is 4.31. The summed E-state index contributed by atoms with van der Waals surface area (Å²) in [7, 11) is 0. The molecule has 0 saturated heterocycles. The van der Waals surface area contributed by atoms with Crippen molar-refractivity contribution in [3.8, 4) is 0 Å². The van der Waals surface area contributed by atoms with Crippen molar-refractivity contribution in [2.24, 2.45) is 0 Å². The molecule has 0 radical (unpaired) electrons. The third-order valence-corrected chi connectivity index (χ3v) is 2.79. The zero-order valence-corrected chi connectivity index (χ0v) is 9.71. The topological polar surface area (TPSA) is 78.4 Å². The van der Waals surface area contributed by atoms with Gasteiger partial charge in [0.05, 0.1) is 11.4 Å². The highest BCUT2D eigenvalue weighted by Crippen LogP contribution is 2.14. The van der Waals surface area contributed by atoms with Crippen molar-refractivity contribution in [3.05, 3.63) is 17.5 Å². The number of thiophene rings is 1. The Labute approximate surface area is 97.5 Å². The highest BCUT2D eigenvalue weighted by molar-refractivity contribution is 7.14. The van der Waals surface area contributed by atoms with Crippen LogP contribution in [0.2, 0.25) is 0 Å². The third-order valence-electron chi connectivity index (χ3n) is 2.01. The molecule has 0 aliphatic rings. The van der Waals surface area contributed by atoms with Gasteiger partial charge in [-0.05, 0) is 23.9 Å². The van der Waals surface area contributed by atoms with E-state index in [1.54, 1.807) is 6.07 Å². The van der Waals surface area contributed by atoms with E-state index in [0.717, 1.165) is 5.00 Å². The summed E-state index contributed by atoms with van der Waals surface area (Å²) in [4.78, 5) is 22.0. The quantitative estimate of drug-likeness (QED) is 0.740. The summed E-state index contributed by atoms with van der Waals surface area (Å²) in [6.07, 6.45) is 0.526. The van der Waals surface area contributed by atoms with Gasteiger partial charge in [-0.3, -0.25) is 10.1 Å². The second-order valence-electron chi connectivity index (χ2n) is 3.28. The van der Waals surface area contributed by atoms with Crippen molar-refractivity contribution >= 4 is 28.3 Å². The zero-order chi connectivity index (χ0) is 12.0. The molecule has 0 spiro atoms. The molecular formula is C10H14N2O3S. The summed E-state index contributed by atoms with van der Waals surface area (Å²) in [6.45, 7) is 1.83. The summed E-state index contributed by atoms with van der Waals surface area (Å²) in [6, 6.07) is 2.91. The molecule has 6 heteroatoms. The number of hydrogen-bond acceptors (Lipinski definition) is 3. The molecule has 1 aromatic heterocycles. The van der Waals surface area contributed by atoms with Crippen LogP contribution in [-0.2, 0) is 4.79 Å². The Balaban J connectivity index is 2.40. The molecule has 1 aromatic rings. The maximum atomic E-state index is 11.5. The summed E-state index contributed by atoms with van der Waals surface area (Å²) in [5.41, 5.74) is 0. The average molecular weight is 242 g/mol. The van der Waals surface area contributed by atoms with Crippen LogP contribution in [0.25, 0.3) is 0 Å². The first-order valence-electron chi connectivity index (χ1n) is 4.94. The molecule has 0 aromatic carbocycles. The standard InChI is InChI=1S/C10H14N2O3S/c1-2-7(6-9(13)14)11-10(15)12-8-4-3-5-16-8/h3-5,7H,2,6H2,1H3,(H,13,14)(H2,11,12,15). The molecule has 0 bridgehead atoms. The number of nitrogens with one attached hydrogen (secondary N) is 2. The molecule has 1 rings (SSSR count). The minimum absolute atomic E-state index is 0.0612. The summed E-state index contributed by atoms with van der Waals surface area (Å²) < 4.78 is 0. The van der Waals surface area contributed by atoms with Gasteiger partial charge in [-0.25, -0.2) is 4.79 Å². The SMILES string of the molecule is CCC(CC(=O)O)NC(=O)Nc1cccs1. The average Bonchev–Trinajstić information content (AvgIpc) is 2.68. The van der Waals surface area contributed by atoms with Gasteiger partial charge in [0.2, 0.25) is 0 Å². The van der Waals surface area contributed by atoms with Gasteiger partial charge in [-0.15, -0.1) is 11.3 Å². The normalized spacial score (nSPS) is 11.8. The van der Waals surface area contributed by atoms with E-state index in [-0.39, 0.29) is 18.5 Å². The Hall–Kier alpha value is -1.56. The Morgan fingerprint density at radius 1 is 1.56 bits per heavy atom. The number of carboxylic acid groups (broad SMARTS) is 1. The predicted molar refractivity (Wildman–Crippen MR) is 62.8 cm³/mol. The van der Waals surface area contributed by atoms with Gasteiger partial charge >= 0.3 is 12.0 Å².